The van der Waals surface area contributed by atoms with Crippen LogP contribution in [-0.4, -0.2) is 18.5 Å². The maximum atomic E-state index is 13.3. The molecule has 3 aromatic carbocycles. The van der Waals surface area contributed by atoms with Crippen LogP contribution in [0.5, 0.6) is 5.75 Å². The summed E-state index contributed by atoms with van der Waals surface area (Å²) in [6, 6.07) is 19.4. The lowest BCUT2D eigenvalue weighted by atomic mass is 9.80. The largest absolute Gasteiger partial charge is 0.497 e. The Morgan fingerprint density at radius 2 is 1.28 bits per heavy atom. The van der Waals surface area contributed by atoms with Crippen LogP contribution < -0.4 is 4.74 Å². The van der Waals surface area contributed by atoms with Crippen molar-refractivity contribution < 1.29 is 19.0 Å². The predicted octanol–water partition coefficient (Wildman–Crippen LogP) is 3.93. The zero-order valence-corrected chi connectivity index (χ0v) is 13.6. The molecule has 3 rings (SSSR count). The van der Waals surface area contributed by atoms with Gasteiger partial charge in [-0.05, 0) is 41.0 Å². The summed E-state index contributed by atoms with van der Waals surface area (Å²) in [5.41, 5.74) is 0.743. The zero-order valence-electron chi connectivity index (χ0n) is 13.6. The van der Waals surface area contributed by atoms with Crippen LogP contribution in [0, 0.1) is 5.82 Å². The average molecular weight is 336 g/mol. The predicted molar refractivity (Wildman–Crippen MR) is 93.3 cm³/mol. The van der Waals surface area contributed by atoms with Crippen molar-refractivity contribution in [3.63, 3.8) is 0 Å². The number of hydrogen-bond acceptors (Lipinski definition) is 3. The number of methoxy groups -OCH3 is 1. The molecule has 0 aliphatic rings. The van der Waals surface area contributed by atoms with E-state index in [4.69, 9.17) is 4.74 Å². The molecule has 126 valence electrons. The molecule has 0 bridgehead atoms. The van der Waals surface area contributed by atoms with Crippen molar-refractivity contribution in [3.8, 4) is 5.75 Å². The molecule has 0 heterocycles. The van der Waals surface area contributed by atoms with Gasteiger partial charge in [-0.3, -0.25) is 4.79 Å². The third kappa shape index (κ3) is 3.16. The third-order valence-corrected chi connectivity index (χ3v) is 4.23. The van der Waals surface area contributed by atoms with E-state index in [2.05, 4.69) is 0 Å². The summed E-state index contributed by atoms with van der Waals surface area (Å²) in [6.07, 6.45) is 0.744. The van der Waals surface area contributed by atoms with E-state index < -0.39 is 5.60 Å². The zero-order chi connectivity index (χ0) is 17.9. The van der Waals surface area contributed by atoms with Gasteiger partial charge in [0.05, 0.1) is 7.11 Å². The van der Waals surface area contributed by atoms with Gasteiger partial charge in [0.25, 0.3) is 0 Å². The van der Waals surface area contributed by atoms with E-state index in [0.717, 1.165) is 6.29 Å². The first-order valence-electron chi connectivity index (χ1n) is 7.76. The SMILES string of the molecule is COc1ccc(C(O)(c2ccc(F)cc2)c2ccc(C=O)cc2)cc1. The Hall–Kier alpha value is -2.98. The molecule has 0 aromatic heterocycles. The minimum absolute atomic E-state index is 0.378. The van der Waals surface area contributed by atoms with E-state index in [9.17, 15) is 14.3 Å². The van der Waals surface area contributed by atoms with Gasteiger partial charge in [0.15, 0.2) is 0 Å². The number of benzene rings is 3. The lowest BCUT2D eigenvalue weighted by Gasteiger charge is -2.30. The van der Waals surface area contributed by atoms with E-state index in [1.54, 1.807) is 67.8 Å². The topological polar surface area (TPSA) is 46.5 Å². The highest BCUT2D eigenvalue weighted by molar-refractivity contribution is 5.74. The van der Waals surface area contributed by atoms with Crippen molar-refractivity contribution in [3.05, 3.63) is 101 Å². The van der Waals surface area contributed by atoms with Crippen molar-refractivity contribution in [2.24, 2.45) is 0 Å². The van der Waals surface area contributed by atoms with Crippen molar-refractivity contribution in [1.82, 2.24) is 0 Å². The summed E-state index contributed by atoms with van der Waals surface area (Å²) < 4.78 is 18.5. The molecular formula is C21H17FO3. The summed E-state index contributed by atoms with van der Waals surface area (Å²) >= 11 is 0. The molecule has 1 unspecified atom stereocenters. The summed E-state index contributed by atoms with van der Waals surface area (Å²) in [5.74, 6) is 0.290. The van der Waals surface area contributed by atoms with Gasteiger partial charge in [0, 0.05) is 5.56 Å². The summed E-state index contributed by atoms with van der Waals surface area (Å²) in [6.45, 7) is 0. The second-order valence-corrected chi connectivity index (χ2v) is 5.69. The van der Waals surface area contributed by atoms with E-state index in [1.165, 1.54) is 12.1 Å². The first-order chi connectivity index (χ1) is 12.1. The fraction of sp³-hybridized carbons (Fsp3) is 0.0952. The van der Waals surface area contributed by atoms with Crippen molar-refractivity contribution in [2.45, 2.75) is 5.60 Å². The normalized spacial score (nSPS) is 13.1. The van der Waals surface area contributed by atoms with Gasteiger partial charge in [-0.15, -0.1) is 0 Å². The monoisotopic (exact) mass is 336 g/mol. The van der Waals surface area contributed by atoms with E-state index >= 15 is 0 Å². The smallest absolute Gasteiger partial charge is 0.150 e. The number of ether oxygens (including phenoxy) is 1. The Balaban J connectivity index is 2.18. The Morgan fingerprint density at radius 3 is 1.72 bits per heavy atom. The number of aldehydes is 1. The van der Waals surface area contributed by atoms with Crippen LogP contribution >= 0.6 is 0 Å². The highest BCUT2D eigenvalue weighted by Crippen LogP contribution is 2.37. The molecule has 25 heavy (non-hydrogen) atoms. The Labute approximate surface area is 145 Å². The van der Waals surface area contributed by atoms with E-state index in [1.807, 2.05) is 0 Å². The van der Waals surface area contributed by atoms with Gasteiger partial charge in [-0.2, -0.15) is 0 Å². The number of carbonyl (C=O) groups is 1. The van der Waals surface area contributed by atoms with Gasteiger partial charge in [-0.1, -0.05) is 48.5 Å². The molecule has 0 spiro atoms. The highest BCUT2D eigenvalue weighted by Gasteiger charge is 2.33. The van der Waals surface area contributed by atoms with E-state index in [0.29, 0.717) is 28.0 Å². The number of rotatable bonds is 5. The second kappa shape index (κ2) is 6.87. The van der Waals surface area contributed by atoms with Gasteiger partial charge < -0.3 is 9.84 Å². The van der Waals surface area contributed by atoms with Crippen LogP contribution in [-0.2, 0) is 5.60 Å². The molecule has 0 amide bonds. The number of halogens is 1. The first-order valence-corrected chi connectivity index (χ1v) is 7.76. The van der Waals surface area contributed by atoms with Gasteiger partial charge in [0.2, 0.25) is 0 Å². The molecule has 0 aliphatic heterocycles. The van der Waals surface area contributed by atoms with Crippen LogP contribution in [0.2, 0.25) is 0 Å². The molecule has 1 atom stereocenters. The van der Waals surface area contributed by atoms with Crippen molar-refractivity contribution in [2.75, 3.05) is 7.11 Å². The number of carbonyl (C=O) groups excluding carboxylic acids is 1. The molecular weight excluding hydrogens is 319 g/mol. The number of hydrogen-bond donors (Lipinski definition) is 1. The van der Waals surface area contributed by atoms with Gasteiger partial charge >= 0.3 is 0 Å². The third-order valence-electron chi connectivity index (χ3n) is 4.23. The summed E-state index contributed by atoms with van der Waals surface area (Å²) in [7, 11) is 1.57. The van der Waals surface area contributed by atoms with Crippen LogP contribution in [0.1, 0.15) is 27.0 Å². The molecule has 3 aromatic rings. The number of aliphatic hydroxyl groups is 1. The minimum atomic E-state index is -1.48. The maximum absolute atomic E-state index is 13.3. The molecule has 0 saturated heterocycles. The standard InChI is InChI=1S/C21H17FO3/c1-25-20-12-8-18(9-13-20)21(24,17-6-10-19(22)11-7-17)16-4-2-15(14-23)3-5-16/h2-14,24H,1H3. The fourth-order valence-corrected chi connectivity index (χ4v) is 2.83. The molecule has 0 saturated carbocycles. The van der Waals surface area contributed by atoms with E-state index in [-0.39, 0.29) is 5.82 Å². The van der Waals surface area contributed by atoms with Crippen LogP contribution in [0.25, 0.3) is 0 Å². The molecule has 4 heteroatoms. The quantitative estimate of drug-likeness (QED) is 0.567. The lowest BCUT2D eigenvalue weighted by Crippen LogP contribution is -2.28. The Bertz CT molecular complexity index is 855. The second-order valence-electron chi connectivity index (χ2n) is 5.69. The summed E-state index contributed by atoms with van der Waals surface area (Å²) in [5, 5.41) is 11.6. The van der Waals surface area contributed by atoms with Gasteiger partial charge in [0.1, 0.15) is 23.5 Å². The first kappa shape index (κ1) is 16.9. The molecule has 3 nitrogen and oxygen atoms in total. The van der Waals surface area contributed by atoms with Crippen LogP contribution in [0.4, 0.5) is 4.39 Å². The molecule has 0 radical (unpaired) electrons. The Morgan fingerprint density at radius 1 is 0.840 bits per heavy atom. The average Bonchev–Trinajstić information content (AvgIpc) is 2.68. The molecule has 0 fully saturated rings. The van der Waals surface area contributed by atoms with Gasteiger partial charge in [-0.25, -0.2) is 4.39 Å². The maximum Gasteiger partial charge on any atom is 0.150 e. The van der Waals surface area contributed by atoms with Crippen molar-refractivity contribution in [1.29, 1.82) is 0 Å². The van der Waals surface area contributed by atoms with Crippen LogP contribution in [0.15, 0.2) is 72.8 Å². The fourth-order valence-electron chi connectivity index (χ4n) is 2.83. The lowest BCUT2D eigenvalue weighted by molar-refractivity contribution is 0.112. The summed E-state index contributed by atoms with van der Waals surface area (Å²) in [4.78, 5) is 10.9. The molecule has 1 N–H and O–H groups in total. The minimum Gasteiger partial charge on any atom is -0.497 e. The van der Waals surface area contributed by atoms with Crippen molar-refractivity contribution >= 4 is 6.29 Å². The highest BCUT2D eigenvalue weighted by atomic mass is 19.1. The molecule has 0 aliphatic carbocycles. The Kier molecular flexibility index (Phi) is 4.63. The van der Waals surface area contributed by atoms with Crippen LogP contribution in [0.3, 0.4) is 0 Å².